The second-order valence-corrected chi connectivity index (χ2v) is 10.3. The van der Waals surface area contributed by atoms with Gasteiger partial charge in [0.1, 0.15) is 18.3 Å². The first-order chi connectivity index (χ1) is 16.7. The molecule has 36 heavy (non-hydrogen) atoms. The highest BCUT2D eigenvalue weighted by molar-refractivity contribution is 5.97. The molecule has 3 fully saturated rings. The number of carbonyl (C=O) groups is 4. The van der Waals surface area contributed by atoms with E-state index >= 15 is 0 Å². The summed E-state index contributed by atoms with van der Waals surface area (Å²) >= 11 is 0. The molecule has 0 amide bonds. The second-order valence-electron chi connectivity index (χ2n) is 10.3. The van der Waals surface area contributed by atoms with Gasteiger partial charge in [-0.1, -0.05) is 18.7 Å². The summed E-state index contributed by atoms with van der Waals surface area (Å²) in [7, 11) is 0. The predicted octanol–water partition coefficient (Wildman–Crippen LogP) is 3.15. The van der Waals surface area contributed by atoms with Crippen LogP contribution in [0.15, 0.2) is 35.5 Å². The Morgan fingerprint density at radius 1 is 1.00 bits per heavy atom. The summed E-state index contributed by atoms with van der Waals surface area (Å²) in [5, 5.41) is 0. The Kier molecular flexibility index (Phi) is 7.67. The molecule has 7 atom stereocenters. The van der Waals surface area contributed by atoms with Crippen LogP contribution >= 0.6 is 0 Å². The van der Waals surface area contributed by atoms with Crippen molar-refractivity contribution in [1.29, 1.82) is 0 Å². The maximum atomic E-state index is 13.4. The fourth-order valence-corrected chi connectivity index (χ4v) is 4.48. The molecule has 0 radical (unpaired) electrons. The third-order valence-electron chi connectivity index (χ3n) is 7.31. The number of ketones is 1. The summed E-state index contributed by atoms with van der Waals surface area (Å²) in [4.78, 5) is 50.9. The van der Waals surface area contributed by atoms with Gasteiger partial charge in [-0.25, -0.2) is 9.59 Å². The van der Waals surface area contributed by atoms with Gasteiger partial charge in [-0.2, -0.15) is 0 Å². The first-order valence-corrected chi connectivity index (χ1v) is 12.1. The summed E-state index contributed by atoms with van der Waals surface area (Å²) in [5.41, 5.74) is -0.634. The maximum absolute atomic E-state index is 13.4. The highest BCUT2D eigenvalue weighted by Gasteiger charge is 2.72. The molecule has 0 aromatic rings. The van der Waals surface area contributed by atoms with Crippen LogP contribution in [0.4, 0.5) is 0 Å². The number of esters is 3. The van der Waals surface area contributed by atoms with E-state index in [9.17, 15) is 19.2 Å². The van der Waals surface area contributed by atoms with Crippen molar-refractivity contribution in [3.05, 3.63) is 35.5 Å². The quantitative estimate of drug-likeness (QED) is 0.153. The smallest absolute Gasteiger partial charge is 0.333 e. The third kappa shape index (κ3) is 5.32. The average molecular weight is 505 g/mol. The zero-order valence-electron chi connectivity index (χ0n) is 22.2. The molecule has 0 spiro atoms. The van der Waals surface area contributed by atoms with Crippen LogP contribution in [0, 0.1) is 5.92 Å². The number of ether oxygens (including phenoxy) is 5. The molecule has 2 heterocycles. The SMILES string of the molecule is C=C([C@@H]1[C@H](OC(=O)/C(C)=C\C)[C@@H]2O[C@]2(C)C(=O)[C@H]1OC(C)=O)[C@@H](C[C@@H]1OC1(C)C)OC(=O)/C(C)=C\C. The van der Waals surface area contributed by atoms with Crippen molar-refractivity contribution in [3.8, 4) is 0 Å². The van der Waals surface area contributed by atoms with E-state index in [0.29, 0.717) is 11.1 Å². The topological polar surface area (TPSA) is 121 Å². The van der Waals surface area contributed by atoms with Gasteiger partial charge in [0, 0.05) is 24.5 Å². The monoisotopic (exact) mass is 504 g/mol. The molecule has 3 rings (SSSR count). The Labute approximate surface area is 211 Å². The molecular weight excluding hydrogens is 468 g/mol. The first kappa shape index (κ1) is 27.8. The summed E-state index contributed by atoms with van der Waals surface area (Å²) < 4.78 is 28.5. The predicted molar refractivity (Wildman–Crippen MR) is 129 cm³/mol. The van der Waals surface area contributed by atoms with Gasteiger partial charge < -0.3 is 23.7 Å². The van der Waals surface area contributed by atoms with E-state index in [-0.39, 0.29) is 18.1 Å². The van der Waals surface area contributed by atoms with E-state index in [1.165, 1.54) is 6.92 Å². The van der Waals surface area contributed by atoms with Gasteiger partial charge in [0.05, 0.1) is 17.6 Å². The molecule has 0 N–H and O–H groups in total. The largest absolute Gasteiger partial charge is 0.455 e. The van der Waals surface area contributed by atoms with Crippen LogP contribution in [0.2, 0.25) is 0 Å². The van der Waals surface area contributed by atoms with Crippen LogP contribution in [0.25, 0.3) is 0 Å². The van der Waals surface area contributed by atoms with Crippen LogP contribution < -0.4 is 0 Å². The number of Topliss-reactive ketones (excluding diaryl/α,β-unsaturated/α-hetero) is 1. The zero-order chi connectivity index (χ0) is 27.2. The van der Waals surface area contributed by atoms with Crippen molar-refractivity contribution < 1.29 is 42.9 Å². The van der Waals surface area contributed by atoms with Gasteiger partial charge in [0.2, 0.25) is 5.78 Å². The van der Waals surface area contributed by atoms with Gasteiger partial charge in [-0.3, -0.25) is 9.59 Å². The Morgan fingerprint density at radius 3 is 2.06 bits per heavy atom. The highest BCUT2D eigenvalue weighted by atomic mass is 16.7. The standard InChI is InChI=1S/C27H36O9/c1-10-13(3)24(30)33-17(12-18-26(7,8)35-18)15(5)19-20(32-16(6)28)22(29)27(9)23(36-27)21(19)34-25(31)14(4)11-2/h10-11,17-21,23H,5,12H2,1-4,6-9H3/b13-10-,14-11-/t17-,18+,19+,20+,21+,23+,27-/m1/s1. The van der Waals surface area contributed by atoms with E-state index in [1.807, 2.05) is 13.8 Å². The minimum Gasteiger partial charge on any atom is -0.455 e. The molecule has 2 aliphatic heterocycles. The van der Waals surface area contributed by atoms with Crippen LogP contribution in [-0.2, 0) is 42.9 Å². The lowest BCUT2D eigenvalue weighted by Gasteiger charge is -2.38. The lowest BCUT2D eigenvalue weighted by atomic mass is 9.72. The number of hydrogen-bond acceptors (Lipinski definition) is 9. The average Bonchev–Trinajstić information content (AvgIpc) is 3.68. The van der Waals surface area contributed by atoms with Crippen LogP contribution in [0.3, 0.4) is 0 Å². The normalized spacial score (nSPS) is 33.7. The number of carbonyl (C=O) groups excluding carboxylic acids is 4. The van der Waals surface area contributed by atoms with Gasteiger partial charge in [-0.05, 0) is 54.0 Å². The molecule has 1 saturated carbocycles. The highest BCUT2D eigenvalue weighted by Crippen LogP contribution is 2.52. The van der Waals surface area contributed by atoms with Gasteiger partial charge in [0.15, 0.2) is 11.7 Å². The summed E-state index contributed by atoms with van der Waals surface area (Å²) in [6, 6.07) is 0. The van der Waals surface area contributed by atoms with Gasteiger partial charge >= 0.3 is 17.9 Å². The molecule has 0 aromatic carbocycles. The van der Waals surface area contributed by atoms with Crippen LogP contribution in [0.1, 0.15) is 61.8 Å². The van der Waals surface area contributed by atoms with Crippen molar-refractivity contribution in [1.82, 2.24) is 0 Å². The summed E-state index contributed by atoms with van der Waals surface area (Å²) in [6.45, 7) is 17.4. The van der Waals surface area contributed by atoms with E-state index in [1.54, 1.807) is 46.8 Å². The minimum absolute atomic E-state index is 0.224. The van der Waals surface area contributed by atoms with Gasteiger partial charge in [0.25, 0.3) is 0 Å². The van der Waals surface area contributed by atoms with E-state index < -0.39 is 65.2 Å². The molecule has 0 aromatic heterocycles. The number of allylic oxidation sites excluding steroid dienone is 2. The van der Waals surface area contributed by atoms with Crippen LogP contribution in [0.5, 0.6) is 0 Å². The molecule has 0 unspecified atom stereocenters. The zero-order valence-corrected chi connectivity index (χ0v) is 22.2. The molecule has 198 valence electrons. The molecule has 2 saturated heterocycles. The number of fused-ring (bicyclic) bond motifs is 1. The lowest BCUT2D eigenvalue weighted by molar-refractivity contribution is -0.168. The summed E-state index contributed by atoms with van der Waals surface area (Å²) in [5.74, 6) is -3.30. The minimum atomic E-state index is -1.33. The Morgan fingerprint density at radius 2 is 1.56 bits per heavy atom. The molecule has 9 heteroatoms. The lowest BCUT2D eigenvalue weighted by Crippen LogP contribution is -2.56. The van der Waals surface area contributed by atoms with E-state index in [2.05, 4.69) is 6.58 Å². The second kappa shape index (κ2) is 9.94. The maximum Gasteiger partial charge on any atom is 0.333 e. The van der Waals surface area contributed by atoms with Crippen LogP contribution in [-0.4, -0.2) is 65.4 Å². The van der Waals surface area contributed by atoms with Gasteiger partial charge in [-0.15, -0.1) is 0 Å². The fourth-order valence-electron chi connectivity index (χ4n) is 4.48. The molecular formula is C27H36O9. The molecule has 9 nitrogen and oxygen atoms in total. The van der Waals surface area contributed by atoms with E-state index in [4.69, 9.17) is 23.7 Å². The number of rotatable bonds is 9. The third-order valence-corrected chi connectivity index (χ3v) is 7.31. The first-order valence-electron chi connectivity index (χ1n) is 12.1. The Hall–Kier alpha value is -2.78. The Bertz CT molecular complexity index is 1040. The number of hydrogen-bond donors (Lipinski definition) is 0. The van der Waals surface area contributed by atoms with Crippen molar-refractivity contribution >= 4 is 23.7 Å². The van der Waals surface area contributed by atoms with Crippen molar-refractivity contribution in [3.63, 3.8) is 0 Å². The fraction of sp³-hybridized carbons (Fsp3) is 0.630. The number of epoxide rings is 2. The molecule has 0 bridgehead atoms. The summed E-state index contributed by atoms with van der Waals surface area (Å²) in [6.07, 6.45) is -0.713. The van der Waals surface area contributed by atoms with Crippen molar-refractivity contribution in [2.24, 2.45) is 5.92 Å². The van der Waals surface area contributed by atoms with E-state index in [0.717, 1.165) is 0 Å². The molecule has 3 aliphatic rings. The van der Waals surface area contributed by atoms with Crippen molar-refractivity contribution in [2.45, 2.75) is 104 Å². The Balaban J connectivity index is 2.01. The van der Waals surface area contributed by atoms with Crippen molar-refractivity contribution in [2.75, 3.05) is 0 Å². The molecule has 1 aliphatic carbocycles.